The van der Waals surface area contributed by atoms with E-state index >= 15 is 0 Å². The average molecular weight is 707 g/mol. The fourth-order valence-corrected chi connectivity index (χ4v) is 9.03. The smallest absolute Gasteiger partial charge is 0.319 e. The number of aryl methyl sites for hydroxylation is 1. The number of rotatable bonds is 8. The van der Waals surface area contributed by atoms with Crippen LogP contribution in [-0.2, 0) is 11.2 Å². The van der Waals surface area contributed by atoms with Gasteiger partial charge in [0.05, 0.1) is 17.5 Å². The largest absolute Gasteiger partial charge is 0.345 e. The van der Waals surface area contributed by atoms with E-state index in [4.69, 9.17) is 9.72 Å². The van der Waals surface area contributed by atoms with E-state index in [0.717, 1.165) is 76.1 Å². The van der Waals surface area contributed by atoms with Gasteiger partial charge in [-0.3, -0.25) is 9.97 Å². The van der Waals surface area contributed by atoms with Crippen molar-refractivity contribution in [3.63, 3.8) is 0 Å². The molecule has 0 saturated carbocycles. The standard InChI is InChI=1S/C41H44F2N6O3/c1-23-14-30-19-31(15-23)48(30)40(50)46-28-9-7-24(2)35(17-28)38-25(3)26(11-13-45-38)16-27-8-10-29(18-36(27)37-6-4-5-12-44-37)47-41(51)49-32-20-33(49)22-34(21-32)52-39(42)43/h4-13,17-18,23,30-34,39H,14-16,19-22H2,1-3H3,(H,46,50)(H,47,51). The van der Waals surface area contributed by atoms with Gasteiger partial charge in [-0.15, -0.1) is 0 Å². The molecule has 4 atom stereocenters. The van der Waals surface area contributed by atoms with E-state index in [1.54, 1.807) is 11.1 Å². The Morgan fingerprint density at radius 1 is 0.769 bits per heavy atom. The zero-order valence-electron chi connectivity index (χ0n) is 29.7. The number of hydrogen-bond donors (Lipinski definition) is 2. The van der Waals surface area contributed by atoms with Crippen molar-refractivity contribution in [2.75, 3.05) is 10.6 Å². The third-order valence-electron chi connectivity index (χ3n) is 11.6. The Morgan fingerprint density at radius 2 is 1.40 bits per heavy atom. The maximum atomic E-state index is 13.4. The number of halogens is 2. The van der Waals surface area contributed by atoms with E-state index in [2.05, 4.69) is 36.4 Å². The predicted molar refractivity (Wildman–Crippen MR) is 196 cm³/mol. The Kier molecular flexibility index (Phi) is 9.15. The summed E-state index contributed by atoms with van der Waals surface area (Å²) in [6, 6.07) is 19.9. The van der Waals surface area contributed by atoms with Crippen molar-refractivity contribution in [3.05, 3.63) is 95.3 Å². The number of ether oxygens (including phenoxy) is 1. The molecule has 2 aromatic carbocycles. The number of pyridine rings is 2. The van der Waals surface area contributed by atoms with Crippen LogP contribution >= 0.6 is 0 Å². The number of amides is 4. The Bertz CT molecular complexity index is 1970. The summed E-state index contributed by atoms with van der Waals surface area (Å²) in [6.07, 6.45) is 8.55. The van der Waals surface area contributed by atoms with Crippen LogP contribution in [-0.4, -0.2) is 68.7 Å². The van der Waals surface area contributed by atoms with Crippen LogP contribution in [0, 0.1) is 19.8 Å². The quantitative estimate of drug-likeness (QED) is 0.191. The molecule has 6 heterocycles. The summed E-state index contributed by atoms with van der Waals surface area (Å²) in [5, 5.41) is 6.21. The van der Waals surface area contributed by atoms with Crippen molar-refractivity contribution in [2.24, 2.45) is 5.92 Å². The molecular weight excluding hydrogens is 662 g/mol. The lowest BCUT2D eigenvalue weighted by atomic mass is 9.74. The fourth-order valence-electron chi connectivity index (χ4n) is 9.03. The van der Waals surface area contributed by atoms with Gasteiger partial charge in [0, 0.05) is 59.1 Å². The molecule has 4 saturated heterocycles. The minimum absolute atomic E-state index is 0.0242. The number of carbonyl (C=O) groups excluding carboxylic acids is 2. The number of fused-ring (bicyclic) bond motifs is 4. The lowest BCUT2D eigenvalue weighted by Crippen LogP contribution is -2.65. The van der Waals surface area contributed by atoms with Gasteiger partial charge in [0.15, 0.2) is 0 Å². The van der Waals surface area contributed by atoms with Crippen molar-refractivity contribution < 1.29 is 23.1 Å². The molecule has 4 fully saturated rings. The third-order valence-corrected chi connectivity index (χ3v) is 11.6. The normalized spacial score (nSPS) is 24.6. The van der Waals surface area contributed by atoms with E-state index in [-0.39, 0.29) is 24.1 Å². The molecule has 0 radical (unpaired) electrons. The molecule has 4 aliphatic rings. The first-order chi connectivity index (χ1) is 25.1. The maximum absolute atomic E-state index is 13.4. The van der Waals surface area contributed by atoms with Crippen LogP contribution in [0.5, 0.6) is 0 Å². The number of hydrogen-bond acceptors (Lipinski definition) is 5. The Morgan fingerprint density at radius 3 is 2.04 bits per heavy atom. The average Bonchev–Trinajstić information content (AvgIpc) is 3.10. The molecule has 4 aliphatic heterocycles. The van der Waals surface area contributed by atoms with Crippen LogP contribution in [0.4, 0.5) is 29.7 Å². The molecule has 4 aromatic rings. The Hall–Kier alpha value is -4.90. The number of urea groups is 2. The van der Waals surface area contributed by atoms with Crippen molar-refractivity contribution in [2.45, 2.75) is 103 Å². The number of nitrogens with zero attached hydrogens (tertiary/aromatic N) is 4. The molecule has 4 bridgehead atoms. The van der Waals surface area contributed by atoms with Crippen LogP contribution in [0.15, 0.2) is 73.1 Å². The second-order valence-corrected chi connectivity index (χ2v) is 15.1. The summed E-state index contributed by atoms with van der Waals surface area (Å²) in [5.74, 6) is 0.670. The van der Waals surface area contributed by atoms with E-state index < -0.39 is 12.7 Å². The summed E-state index contributed by atoms with van der Waals surface area (Å²) in [7, 11) is 0. The zero-order valence-corrected chi connectivity index (χ0v) is 29.7. The van der Waals surface area contributed by atoms with Gasteiger partial charge in [-0.2, -0.15) is 8.78 Å². The van der Waals surface area contributed by atoms with Crippen LogP contribution in [0.3, 0.4) is 0 Å². The summed E-state index contributed by atoms with van der Waals surface area (Å²) in [5.41, 5.74) is 9.17. The summed E-state index contributed by atoms with van der Waals surface area (Å²) >= 11 is 0. The molecular formula is C41H44F2N6O3. The predicted octanol–water partition coefficient (Wildman–Crippen LogP) is 8.80. The zero-order chi connectivity index (χ0) is 36.1. The molecule has 4 amide bonds. The number of nitrogens with one attached hydrogen (secondary N) is 2. The first-order valence-electron chi connectivity index (χ1n) is 18.3. The monoisotopic (exact) mass is 706 g/mol. The fraction of sp³-hybridized carbons (Fsp3) is 0.415. The molecule has 270 valence electrons. The van der Waals surface area contributed by atoms with Crippen molar-refractivity contribution in [1.82, 2.24) is 19.8 Å². The Balaban J connectivity index is 1.01. The van der Waals surface area contributed by atoms with Gasteiger partial charge in [0.25, 0.3) is 0 Å². The third kappa shape index (κ3) is 6.62. The van der Waals surface area contributed by atoms with Crippen LogP contribution in [0.1, 0.15) is 67.7 Å². The second kappa shape index (κ2) is 13.9. The summed E-state index contributed by atoms with van der Waals surface area (Å²) < 4.78 is 30.3. The second-order valence-electron chi connectivity index (χ2n) is 15.1. The highest BCUT2D eigenvalue weighted by molar-refractivity contribution is 5.92. The first kappa shape index (κ1) is 34.2. The van der Waals surface area contributed by atoms with Gasteiger partial charge in [0.1, 0.15) is 0 Å². The van der Waals surface area contributed by atoms with Crippen molar-refractivity contribution in [3.8, 4) is 22.5 Å². The molecule has 11 heteroatoms. The van der Waals surface area contributed by atoms with Gasteiger partial charge in [0.2, 0.25) is 0 Å². The number of anilines is 2. The van der Waals surface area contributed by atoms with Gasteiger partial charge >= 0.3 is 18.7 Å². The molecule has 52 heavy (non-hydrogen) atoms. The topological polar surface area (TPSA) is 99.7 Å². The van der Waals surface area contributed by atoms with E-state index in [1.165, 1.54) is 0 Å². The molecule has 2 aromatic heterocycles. The van der Waals surface area contributed by atoms with Crippen molar-refractivity contribution in [1.29, 1.82) is 0 Å². The highest BCUT2D eigenvalue weighted by Crippen LogP contribution is 2.42. The lowest BCUT2D eigenvalue weighted by Gasteiger charge is -2.54. The molecule has 2 N–H and O–H groups in total. The van der Waals surface area contributed by atoms with Gasteiger partial charge < -0.3 is 25.2 Å². The van der Waals surface area contributed by atoms with Gasteiger partial charge in [-0.1, -0.05) is 25.1 Å². The number of aromatic nitrogens is 2. The number of benzene rings is 2. The number of piperidine rings is 2. The van der Waals surface area contributed by atoms with Gasteiger partial charge in [-0.25, -0.2) is 9.59 Å². The highest BCUT2D eigenvalue weighted by Gasteiger charge is 2.49. The summed E-state index contributed by atoms with van der Waals surface area (Å²) in [6.45, 7) is 3.61. The molecule has 9 nitrogen and oxygen atoms in total. The lowest BCUT2D eigenvalue weighted by molar-refractivity contribution is -0.193. The van der Waals surface area contributed by atoms with E-state index in [9.17, 15) is 18.4 Å². The summed E-state index contributed by atoms with van der Waals surface area (Å²) in [4.78, 5) is 39.9. The maximum Gasteiger partial charge on any atom is 0.345 e. The first-order valence-corrected chi connectivity index (χ1v) is 18.3. The van der Waals surface area contributed by atoms with Crippen molar-refractivity contribution >= 4 is 23.4 Å². The molecule has 0 spiro atoms. The molecule has 8 rings (SSSR count). The van der Waals surface area contributed by atoms with Crippen LogP contribution < -0.4 is 10.6 Å². The molecule has 4 unspecified atom stereocenters. The van der Waals surface area contributed by atoms with Crippen LogP contribution in [0.25, 0.3) is 22.5 Å². The molecule has 0 aliphatic carbocycles. The number of alkyl halides is 2. The SMILES string of the molecule is Cc1ccc(NC(=O)N2C3CC(C)CC2C3)cc1-c1nccc(Cc2ccc(NC(=O)N3C4CC(OC(F)F)CC3C4)cc2-c2ccccn2)c1C. The van der Waals surface area contributed by atoms with Crippen LogP contribution in [0.2, 0.25) is 0 Å². The van der Waals surface area contributed by atoms with E-state index in [1.807, 2.05) is 71.8 Å². The Labute approximate surface area is 302 Å². The minimum atomic E-state index is -2.80. The minimum Gasteiger partial charge on any atom is -0.319 e. The van der Waals surface area contributed by atoms with Gasteiger partial charge in [-0.05, 0) is 129 Å². The number of carbonyl (C=O) groups is 2. The van der Waals surface area contributed by atoms with E-state index in [0.29, 0.717) is 43.0 Å². The highest BCUT2D eigenvalue weighted by atomic mass is 19.3.